The van der Waals surface area contributed by atoms with E-state index in [4.69, 9.17) is 17.3 Å². The highest BCUT2D eigenvalue weighted by Crippen LogP contribution is 2.20. The monoisotopic (exact) mass is 288 g/mol. The molecule has 104 valence electrons. The topological polar surface area (TPSA) is 55.1 Å². The number of rotatable bonds is 3. The minimum absolute atomic E-state index is 0.136. The summed E-state index contributed by atoms with van der Waals surface area (Å²) in [6.07, 6.45) is 0. The lowest BCUT2D eigenvalue weighted by molar-refractivity contribution is 0.0940. The van der Waals surface area contributed by atoms with Crippen LogP contribution in [0.5, 0.6) is 0 Å². The normalized spacial score (nSPS) is 11.9. The number of aryl methyl sites for hydroxylation is 1. The number of nitrogens with two attached hydrogens (primary N) is 1. The maximum Gasteiger partial charge on any atom is 0.253 e. The molecule has 20 heavy (non-hydrogen) atoms. The van der Waals surface area contributed by atoms with Gasteiger partial charge in [-0.15, -0.1) is 0 Å². The van der Waals surface area contributed by atoms with E-state index in [2.05, 4.69) is 5.32 Å². The number of halogens is 1. The lowest BCUT2D eigenvalue weighted by atomic mass is 10.1. The van der Waals surface area contributed by atoms with E-state index < -0.39 is 0 Å². The summed E-state index contributed by atoms with van der Waals surface area (Å²) < 4.78 is 0. The van der Waals surface area contributed by atoms with Crippen LogP contribution in [0.2, 0.25) is 5.02 Å². The van der Waals surface area contributed by atoms with Crippen molar-refractivity contribution in [2.24, 2.45) is 0 Å². The molecule has 4 heteroatoms. The Labute approximate surface area is 123 Å². The summed E-state index contributed by atoms with van der Waals surface area (Å²) in [5.41, 5.74) is 8.89. The second kappa shape index (κ2) is 5.97. The molecule has 3 nitrogen and oxygen atoms in total. The second-order valence-corrected chi connectivity index (χ2v) is 5.26. The van der Waals surface area contributed by atoms with Crippen LogP contribution in [0.15, 0.2) is 42.5 Å². The fourth-order valence-electron chi connectivity index (χ4n) is 1.99. The van der Waals surface area contributed by atoms with Gasteiger partial charge in [0.2, 0.25) is 0 Å². The standard InChI is InChI=1S/C16H17ClN2O/c1-10-6-7-14(15(17)8-10)16(20)19-11(2)12-4-3-5-13(18)9-12/h3-9,11H,18H2,1-2H3,(H,19,20). The van der Waals surface area contributed by atoms with Gasteiger partial charge in [0.25, 0.3) is 5.91 Å². The van der Waals surface area contributed by atoms with Crippen LogP contribution in [0.3, 0.4) is 0 Å². The minimum Gasteiger partial charge on any atom is -0.399 e. The third kappa shape index (κ3) is 3.31. The number of nitrogens with one attached hydrogen (secondary N) is 1. The van der Waals surface area contributed by atoms with Gasteiger partial charge in [0, 0.05) is 5.69 Å². The van der Waals surface area contributed by atoms with Crippen molar-refractivity contribution in [3.63, 3.8) is 0 Å². The molecule has 0 aliphatic heterocycles. The lowest BCUT2D eigenvalue weighted by Gasteiger charge is -2.15. The Morgan fingerprint density at radius 3 is 2.65 bits per heavy atom. The molecule has 0 fully saturated rings. The van der Waals surface area contributed by atoms with Crippen molar-refractivity contribution >= 4 is 23.2 Å². The lowest BCUT2D eigenvalue weighted by Crippen LogP contribution is -2.27. The molecule has 0 radical (unpaired) electrons. The summed E-state index contributed by atoms with van der Waals surface area (Å²) in [6.45, 7) is 3.84. The number of amides is 1. The van der Waals surface area contributed by atoms with Gasteiger partial charge < -0.3 is 11.1 Å². The SMILES string of the molecule is Cc1ccc(C(=O)NC(C)c2cccc(N)c2)c(Cl)c1. The zero-order valence-electron chi connectivity index (χ0n) is 11.5. The van der Waals surface area contributed by atoms with Gasteiger partial charge in [0.1, 0.15) is 0 Å². The van der Waals surface area contributed by atoms with Crippen LogP contribution in [0.25, 0.3) is 0 Å². The number of benzene rings is 2. The largest absolute Gasteiger partial charge is 0.399 e. The zero-order chi connectivity index (χ0) is 14.7. The maximum absolute atomic E-state index is 12.2. The van der Waals surface area contributed by atoms with E-state index in [9.17, 15) is 4.79 Å². The van der Waals surface area contributed by atoms with E-state index in [-0.39, 0.29) is 11.9 Å². The number of hydrogen-bond acceptors (Lipinski definition) is 2. The average molecular weight is 289 g/mol. The van der Waals surface area contributed by atoms with Gasteiger partial charge in [0.05, 0.1) is 16.6 Å². The van der Waals surface area contributed by atoms with Crippen LogP contribution in [-0.2, 0) is 0 Å². The van der Waals surface area contributed by atoms with E-state index in [0.29, 0.717) is 16.3 Å². The fraction of sp³-hybridized carbons (Fsp3) is 0.188. The van der Waals surface area contributed by atoms with Crippen molar-refractivity contribution < 1.29 is 4.79 Å². The maximum atomic E-state index is 12.2. The molecule has 0 saturated carbocycles. The smallest absolute Gasteiger partial charge is 0.253 e. The Morgan fingerprint density at radius 1 is 1.25 bits per heavy atom. The van der Waals surface area contributed by atoms with E-state index in [1.54, 1.807) is 12.1 Å². The van der Waals surface area contributed by atoms with Crippen LogP contribution in [0.4, 0.5) is 5.69 Å². The highest BCUT2D eigenvalue weighted by molar-refractivity contribution is 6.33. The molecule has 0 aliphatic rings. The number of hydrogen-bond donors (Lipinski definition) is 2. The predicted molar refractivity (Wildman–Crippen MR) is 82.9 cm³/mol. The predicted octanol–water partition coefficient (Wildman–Crippen LogP) is 3.72. The van der Waals surface area contributed by atoms with Gasteiger partial charge in [-0.25, -0.2) is 0 Å². The van der Waals surface area contributed by atoms with E-state index in [1.165, 1.54) is 0 Å². The first-order valence-electron chi connectivity index (χ1n) is 6.40. The molecule has 1 unspecified atom stereocenters. The van der Waals surface area contributed by atoms with E-state index in [1.807, 2.05) is 44.2 Å². The summed E-state index contributed by atoms with van der Waals surface area (Å²) in [5.74, 6) is -0.190. The van der Waals surface area contributed by atoms with Crippen molar-refractivity contribution in [3.8, 4) is 0 Å². The molecular formula is C16H17ClN2O. The Kier molecular flexibility index (Phi) is 4.30. The molecule has 0 aromatic heterocycles. The minimum atomic E-state index is -0.190. The molecule has 0 spiro atoms. The molecule has 1 atom stereocenters. The van der Waals surface area contributed by atoms with Gasteiger partial charge in [-0.3, -0.25) is 4.79 Å². The summed E-state index contributed by atoms with van der Waals surface area (Å²) in [7, 11) is 0. The molecule has 0 bridgehead atoms. The first-order chi connectivity index (χ1) is 9.47. The molecule has 2 aromatic rings. The third-order valence-electron chi connectivity index (χ3n) is 3.13. The van der Waals surface area contributed by atoms with Crippen molar-refractivity contribution in [3.05, 3.63) is 64.2 Å². The highest BCUT2D eigenvalue weighted by atomic mass is 35.5. The van der Waals surface area contributed by atoms with E-state index in [0.717, 1.165) is 11.1 Å². The average Bonchev–Trinajstić information content (AvgIpc) is 2.38. The molecule has 2 aromatic carbocycles. The van der Waals surface area contributed by atoms with Crippen molar-refractivity contribution in [1.29, 1.82) is 0 Å². The van der Waals surface area contributed by atoms with Crippen molar-refractivity contribution in [2.45, 2.75) is 19.9 Å². The zero-order valence-corrected chi connectivity index (χ0v) is 12.2. The molecule has 0 heterocycles. The summed E-state index contributed by atoms with van der Waals surface area (Å²) in [6, 6.07) is 12.7. The van der Waals surface area contributed by atoms with Gasteiger partial charge in [-0.1, -0.05) is 29.8 Å². The molecule has 1 amide bonds. The quantitative estimate of drug-likeness (QED) is 0.846. The highest BCUT2D eigenvalue weighted by Gasteiger charge is 2.14. The third-order valence-corrected chi connectivity index (χ3v) is 3.44. The molecule has 2 rings (SSSR count). The van der Waals surface area contributed by atoms with Gasteiger partial charge >= 0.3 is 0 Å². The number of nitrogen functional groups attached to an aromatic ring is 1. The van der Waals surface area contributed by atoms with Crippen LogP contribution < -0.4 is 11.1 Å². The van der Waals surface area contributed by atoms with E-state index >= 15 is 0 Å². The summed E-state index contributed by atoms with van der Waals surface area (Å²) >= 11 is 6.10. The van der Waals surface area contributed by atoms with Gasteiger partial charge in [-0.05, 0) is 49.2 Å². The summed E-state index contributed by atoms with van der Waals surface area (Å²) in [4.78, 5) is 12.2. The van der Waals surface area contributed by atoms with Crippen molar-refractivity contribution in [1.82, 2.24) is 5.32 Å². The number of carbonyl (C=O) groups is 1. The molecule has 0 saturated heterocycles. The summed E-state index contributed by atoms with van der Waals surface area (Å²) in [5, 5.41) is 3.38. The Bertz CT molecular complexity index is 640. The van der Waals surface area contributed by atoms with Gasteiger partial charge in [0.15, 0.2) is 0 Å². The number of carbonyl (C=O) groups excluding carboxylic acids is 1. The van der Waals surface area contributed by atoms with Crippen molar-refractivity contribution in [2.75, 3.05) is 5.73 Å². The fourth-order valence-corrected chi connectivity index (χ4v) is 2.31. The Morgan fingerprint density at radius 2 is 2.00 bits per heavy atom. The number of anilines is 1. The first kappa shape index (κ1) is 14.4. The van der Waals surface area contributed by atoms with Crippen LogP contribution >= 0.6 is 11.6 Å². The van der Waals surface area contributed by atoms with Crippen LogP contribution in [0, 0.1) is 6.92 Å². The second-order valence-electron chi connectivity index (χ2n) is 4.85. The molecule has 0 aliphatic carbocycles. The Hall–Kier alpha value is -2.00. The van der Waals surface area contributed by atoms with Crippen LogP contribution in [-0.4, -0.2) is 5.91 Å². The van der Waals surface area contributed by atoms with Crippen LogP contribution in [0.1, 0.15) is 34.5 Å². The first-order valence-corrected chi connectivity index (χ1v) is 6.77. The Balaban J connectivity index is 2.15. The molecular weight excluding hydrogens is 272 g/mol. The molecule has 3 N–H and O–H groups in total. The van der Waals surface area contributed by atoms with Gasteiger partial charge in [-0.2, -0.15) is 0 Å².